The van der Waals surface area contributed by atoms with Crippen LogP contribution in [0.5, 0.6) is 46.0 Å². The van der Waals surface area contributed by atoms with Crippen LogP contribution in [0.4, 0.5) is 68.2 Å². The van der Waals surface area contributed by atoms with Gasteiger partial charge >= 0.3 is 0 Å². The van der Waals surface area contributed by atoms with Crippen molar-refractivity contribution in [2.75, 3.05) is 76.5 Å². The summed E-state index contributed by atoms with van der Waals surface area (Å²) in [4.78, 5) is 9.52. The van der Waals surface area contributed by atoms with Crippen molar-refractivity contribution in [1.82, 2.24) is 0 Å². The Labute approximate surface area is 664 Å². The predicted octanol–water partition coefficient (Wildman–Crippen LogP) is 25.3. The third kappa shape index (κ3) is 11.7. The van der Waals surface area contributed by atoms with E-state index in [1.54, 1.807) is 56.9 Å². The zero-order chi connectivity index (χ0) is 77.6. The van der Waals surface area contributed by atoms with Crippen molar-refractivity contribution in [3.05, 3.63) is 385 Å². The van der Waals surface area contributed by atoms with Gasteiger partial charge in [0.05, 0.1) is 79.1 Å². The molecule has 0 spiro atoms. The van der Waals surface area contributed by atoms with Crippen molar-refractivity contribution in [2.45, 2.75) is 10.8 Å². The smallest absolute Gasteiger partial charge is 0.119 e. The fraction of sp³-hybridized carbons (Fsp3) is 0.0980. The zero-order valence-electron chi connectivity index (χ0n) is 64.5. The lowest BCUT2D eigenvalue weighted by atomic mass is 9.49. The van der Waals surface area contributed by atoms with Gasteiger partial charge in [0.2, 0.25) is 0 Å². The van der Waals surface area contributed by atoms with Crippen LogP contribution in [0.1, 0.15) is 33.4 Å². The van der Waals surface area contributed by atoms with Crippen LogP contribution in [0.25, 0.3) is 43.8 Å². The van der Waals surface area contributed by atoms with Gasteiger partial charge in [0.1, 0.15) is 46.0 Å². The molecule has 2 atom stereocenters. The van der Waals surface area contributed by atoms with Gasteiger partial charge in [0.15, 0.2) is 0 Å². The molecule has 0 amide bonds. The highest BCUT2D eigenvalue weighted by Crippen LogP contribution is 2.73. The number of anilines is 12. The van der Waals surface area contributed by atoms with Gasteiger partial charge in [-0.2, -0.15) is 0 Å². The monoisotopic (exact) mass is 1490 g/mol. The number of hydrogen-bond acceptors (Lipinski definition) is 12. The van der Waals surface area contributed by atoms with Gasteiger partial charge in [0, 0.05) is 67.6 Å². The largest absolute Gasteiger partial charge is 0.497 e. The van der Waals surface area contributed by atoms with Gasteiger partial charge in [-0.05, 0) is 297 Å². The van der Waals surface area contributed by atoms with Crippen molar-refractivity contribution in [3.63, 3.8) is 0 Å². The van der Waals surface area contributed by atoms with E-state index in [1.807, 2.05) is 97.1 Å². The minimum Gasteiger partial charge on any atom is -0.497 e. The molecule has 0 heterocycles. The van der Waals surface area contributed by atoms with Crippen LogP contribution in [0.2, 0.25) is 0 Å². The summed E-state index contributed by atoms with van der Waals surface area (Å²) in [7, 11) is 13.7. The summed E-state index contributed by atoms with van der Waals surface area (Å²) in [5.41, 5.74) is 19.3. The topological polar surface area (TPSA) is 86.8 Å². The highest BCUT2D eigenvalue weighted by atomic mass is 16.5. The van der Waals surface area contributed by atoms with Gasteiger partial charge in [-0.25, -0.2) is 0 Å². The molecule has 0 saturated carbocycles. The van der Waals surface area contributed by atoms with E-state index in [2.05, 4.69) is 274 Å². The third-order valence-corrected chi connectivity index (χ3v) is 22.8. The number of fused-ring (bicyclic) bond motifs is 10. The molecule has 16 aromatic rings. The maximum absolute atomic E-state index is 5.94. The first-order valence-corrected chi connectivity index (χ1v) is 38.0. The summed E-state index contributed by atoms with van der Waals surface area (Å²) in [6.07, 6.45) is 0. The molecule has 12 heteroatoms. The SMILES string of the molecule is COc1ccc(N(c2ccc(OC)cc2)c2ccc3c(c2)C(c2ccccc2)(C2(c4ccccc4)c4cc(N(c5ccc(OC)cc5)c5ccc(OC)cc5)ccc4-c4c2cc(N(c2ccc(OC)cc2)c2ccc(OC)cc2)c2ccccc42)c2cc(N(c4ccc(OC)cc4)c4ccc(OC)cc4)c4ccccc4c2-3)cc1. The summed E-state index contributed by atoms with van der Waals surface area (Å²) >= 11 is 0. The van der Waals surface area contributed by atoms with E-state index in [9.17, 15) is 0 Å². The molecule has 12 nitrogen and oxygen atoms in total. The Hall–Kier alpha value is -14.4. The number of benzene rings is 16. The van der Waals surface area contributed by atoms with Crippen molar-refractivity contribution >= 4 is 89.8 Å². The normalized spacial score (nSPS) is 14.2. The molecule has 0 radical (unpaired) electrons. The Morgan fingerprint density at radius 2 is 0.395 bits per heavy atom. The first kappa shape index (κ1) is 71.3. The average molecular weight is 1490 g/mol. The van der Waals surface area contributed by atoms with Crippen molar-refractivity contribution < 1.29 is 37.9 Å². The number of rotatable bonds is 23. The minimum atomic E-state index is -1.32. The molecule has 0 aliphatic heterocycles. The number of ether oxygens (including phenoxy) is 8. The predicted molar refractivity (Wildman–Crippen MR) is 463 cm³/mol. The number of hydrogen-bond donors (Lipinski definition) is 0. The first-order valence-electron chi connectivity index (χ1n) is 38.0. The van der Waals surface area contributed by atoms with Crippen molar-refractivity contribution in [2.24, 2.45) is 0 Å². The molecular weight excluding hydrogens is 1410 g/mol. The van der Waals surface area contributed by atoms with Crippen LogP contribution in [0, 0.1) is 0 Å². The number of nitrogens with zero attached hydrogens (tertiary/aromatic N) is 4. The third-order valence-electron chi connectivity index (χ3n) is 22.8. The highest BCUT2D eigenvalue weighted by molar-refractivity contribution is 6.15. The second kappa shape index (κ2) is 29.8. The van der Waals surface area contributed by atoms with Crippen LogP contribution in [-0.2, 0) is 10.8 Å². The van der Waals surface area contributed by atoms with Crippen LogP contribution >= 0.6 is 0 Å². The highest BCUT2D eigenvalue weighted by Gasteiger charge is 2.65. The van der Waals surface area contributed by atoms with Crippen LogP contribution in [0.15, 0.2) is 352 Å². The second-order valence-corrected chi connectivity index (χ2v) is 28.3. The van der Waals surface area contributed by atoms with Gasteiger partial charge in [-0.1, -0.05) is 121 Å². The number of methoxy groups -OCH3 is 8. The van der Waals surface area contributed by atoms with E-state index in [4.69, 9.17) is 37.9 Å². The standard InChI is InChI=1S/C102H82N4O8/c1-107-79-45-27-69(28-46-79)103(70-29-47-80(108-2)48-30-70)77-43-61-91-93(63-77)101(67-19-11-9-12-20-67,95-65-97(87-23-15-17-25-89(87)99(91)95)105(73-35-53-83(111-5)54-36-73)74-37-55-84(112-6)56-38-74)102(68-21-13-10-14-22-68)94-64-78(104(71-31-49-81(109-3)50-32-71)72-33-51-82(110-4)52-34-72)44-62-92(94)100-90-26-18-16-24-88(90)98(66-96(100)102)106(75-39-57-85(113-7)58-40-75)76-41-59-86(114-8)60-42-76/h9-66H,1-8H3. The van der Waals surface area contributed by atoms with E-state index in [1.165, 1.54) is 0 Å². The molecule has 0 aromatic heterocycles. The molecule has 0 fully saturated rings. The van der Waals surface area contributed by atoms with Crippen molar-refractivity contribution in [3.8, 4) is 68.2 Å². The Morgan fingerprint density at radius 1 is 0.184 bits per heavy atom. The molecule has 18 rings (SSSR count). The quantitative estimate of drug-likeness (QED) is 0.0611. The van der Waals surface area contributed by atoms with Crippen LogP contribution in [-0.4, -0.2) is 56.9 Å². The lowest BCUT2D eigenvalue weighted by Gasteiger charge is -2.51. The van der Waals surface area contributed by atoms with Gasteiger partial charge in [-0.15, -0.1) is 0 Å². The van der Waals surface area contributed by atoms with E-state index in [-0.39, 0.29) is 0 Å². The van der Waals surface area contributed by atoms with Crippen LogP contribution in [0.3, 0.4) is 0 Å². The van der Waals surface area contributed by atoms with E-state index >= 15 is 0 Å². The summed E-state index contributed by atoms with van der Waals surface area (Å²) in [5, 5.41) is 4.22. The Bertz CT molecular complexity index is 5620. The Kier molecular flexibility index (Phi) is 18.6. The van der Waals surface area contributed by atoms with E-state index in [0.717, 1.165) is 191 Å². The summed E-state index contributed by atoms with van der Waals surface area (Å²) in [5.74, 6) is 5.93. The average Bonchev–Trinajstić information content (AvgIpc) is 1.47. The molecular formula is C102H82N4O8. The van der Waals surface area contributed by atoms with E-state index in [0.29, 0.717) is 0 Å². The zero-order valence-corrected chi connectivity index (χ0v) is 64.5. The second-order valence-electron chi connectivity index (χ2n) is 28.3. The van der Waals surface area contributed by atoms with Gasteiger partial charge in [-0.3, -0.25) is 0 Å². The fourth-order valence-corrected chi connectivity index (χ4v) is 17.8. The molecule has 0 bridgehead atoms. The summed E-state index contributed by atoms with van der Waals surface area (Å²) in [6.45, 7) is 0. The molecule has 16 aromatic carbocycles. The minimum absolute atomic E-state index is 0.740. The molecule has 2 aliphatic carbocycles. The molecule has 2 aliphatic rings. The Balaban J connectivity index is 1.07. The molecule has 558 valence electrons. The molecule has 0 saturated heterocycles. The van der Waals surface area contributed by atoms with Gasteiger partial charge < -0.3 is 57.5 Å². The lowest BCUT2D eigenvalue weighted by molar-refractivity contribution is 0.414. The lowest BCUT2D eigenvalue weighted by Crippen LogP contribution is -2.50. The van der Waals surface area contributed by atoms with Crippen LogP contribution < -0.4 is 57.5 Å². The Morgan fingerprint density at radius 3 is 0.632 bits per heavy atom. The summed E-state index contributed by atoms with van der Waals surface area (Å²) < 4.78 is 47.4. The van der Waals surface area contributed by atoms with Gasteiger partial charge in [0.25, 0.3) is 0 Å². The molecule has 114 heavy (non-hydrogen) atoms. The molecule has 0 N–H and O–H groups in total. The maximum atomic E-state index is 5.94. The first-order chi connectivity index (χ1) is 56.1. The summed E-state index contributed by atoms with van der Waals surface area (Å²) in [6, 6.07) is 127. The maximum Gasteiger partial charge on any atom is 0.119 e. The van der Waals surface area contributed by atoms with E-state index < -0.39 is 10.8 Å². The molecule has 2 unspecified atom stereocenters. The van der Waals surface area contributed by atoms with Crippen molar-refractivity contribution in [1.29, 1.82) is 0 Å². The fourth-order valence-electron chi connectivity index (χ4n) is 17.8.